The summed E-state index contributed by atoms with van der Waals surface area (Å²) in [5.41, 5.74) is 13.2. The molecule has 1 aliphatic carbocycles. The summed E-state index contributed by atoms with van der Waals surface area (Å²) in [7, 11) is 0. The number of benzene rings is 5. The van der Waals surface area contributed by atoms with E-state index >= 15 is 0 Å². The van der Waals surface area contributed by atoms with Crippen LogP contribution in [0.2, 0.25) is 0 Å². The molecule has 0 radical (unpaired) electrons. The third kappa shape index (κ3) is 9.77. The number of rotatable bonds is 17. The van der Waals surface area contributed by atoms with Gasteiger partial charge in [0.2, 0.25) is 0 Å². The number of anilines is 3. The molecule has 1 saturated carbocycles. The second-order valence-corrected chi connectivity index (χ2v) is 15.8. The molecule has 5 aromatic rings. The Morgan fingerprint density at radius 3 is 2.10 bits per heavy atom. The number of carbonyl (C=O) groups is 1. The zero-order chi connectivity index (χ0) is 40.1. The maximum atomic E-state index is 14.1. The van der Waals surface area contributed by atoms with Gasteiger partial charge < -0.3 is 10.2 Å². The molecule has 2 unspecified atom stereocenters. The van der Waals surface area contributed by atoms with Gasteiger partial charge >= 0.3 is 0 Å². The first-order valence-corrected chi connectivity index (χ1v) is 21.5. The predicted molar refractivity (Wildman–Crippen MR) is 248 cm³/mol. The smallest absolute Gasteiger partial charge is 0.256 e. The van der Waals surface area contributed by atoms with Gasteiger partial charge in [-0.2, -0.15) is 0 Å². The standard InChI is InChI=1S/C55H58N2O/c1-4-7-8-9-10-13-21-41-28-33-47(34-29-41)56-55(58)51(44(19-5-2)20-6-3)39-43-32-37-54-52(40-43)49-26-18-27-53(49)57(54)48-35-30-42(31-36-48)38-50(45-22-14-11-15-23-45)46-24-16-12-17-25-46/h5-6,11-12,14-17,19-20,22-25,28-40,49,53H,2,4,7-10,13,18,21,26-27H2,1,3H3,(H,56,58)/b20-6-,44-19+,51-39-. The first-order chi connectivity index (χ1) is 28.6. The molecule has 3 nitrogen and oxygen atoms in total. The normalized spacial score (nSPS) is 16.3. The van der Waals surface area contributed by atoms with E-state index < -0.39 is 0 Å². The quantitative estimate of drug-likeness (QED) is 0.0443. The Morgan fingerprint density at radius 1 is 0.759 bits per heavy atom. The molecule has 0 aromatic heterocycles. The van der Waals surface area contributed by atoms with Crippen LogP contribution in [0.5, 0.6) is 0 Å². The van der Waals surface area contributed by atoms with Crippen LogP contribution in [-0.4, -0.2) is 11.9 Å². The number of hydrogen-bond acceptors (Lipinski definition) is 2. The lowest BCUT2D eigenvalue weighted by molar-refractivity contribution is -0.112. The van der Waals surface area contributed by atoms with Crippen LogP contribution in [-0.2, 0) is 11.2 Å². The number of nitrogens with zero attached hydrogens (tertiary/aromatic N) is 1. The minimum atomic E-state index is -0.132. The van der Waals surface area contributed by atoms with Gasteiger partial charge in [0.1, 0.15) is 0 Å². The van der Waals surface area contributed by atoms with Crippen molar-refractivity contribution in [2.24, 2.45) is 0 Å². The Morgan fingerprint density at radius 2 is 1.43 bits per heavy atom. The fourth-order valence-corrected chi connectivity index (χ4v) is 8.82. The average molecular weight is 763 g/mol. The zero-order valence-electron chi connectivity index (χ0n) is 34.4. The van der Waals surface area contributed by atoms with Gasteiger partial charge in [-0.15, -0.1) is 0 Å². The molecule has 1 aliphatic heterocycles. The second kappa shape index (κ2) is 20.0. The molecule has 3 heteroatoms. The Labute approximate surface area is 347 Å². The summed E-state index contributed by atoms with van der Waals surface area (Å²) < 4.78 is 0. The lowest BCUT2D eigenvalue weighted by Gasteiger charge is -2.27. The fourth-order valence-electron chi connectivity index (χ4n) is 8.82. The van der Waals surface area contributed by atoms with Crippen molar-refractivity contribution >= 4 is 40.7 Å². The number of aryl methyl sites for hydroxylation is 1. The summed E-state index contributed by atoms with van der Waals surface area (Å²) in [6.45, 7) is 8.20. The highest BCUT2D eigenvalue weighted by Crippen LogP contribution is 2.52. The van der Waals surface area contributed by atoms with E-state index in [0.29, 0.717) is 17.5 Å². The zero-order valence-corrected chi connectivity index (χ0v) is 34.4. The van der Waals surface area contributed by atoms with Gasteiger partial charge in [0, 0.05) is 34.6 Å². The molecule has 5 aromatic carbocycles. The number of unbranched alkanes of at least 4 members (excludes halogenated alkanes) is 5. The first-order valence-electron chi connectivity index (χ1n) is 21.5. The van der Waals surface area contributed by atoms with Crippen molar-refractivity contribution < 1.29 is 4.79 Å². The summed E-state index contributed by atoms with van der Waals surface area (Å²) in [6.07, 6.45) is 24.3. The van der Waals surface area contributed by atoms with E-state index in [0.717, 1.165) is 29.7 Å². The Kier molecular flexibility index (Phi) is 13.9. The van der Waals surface area contributed by atoms with Crippen molar-refractivity contribution in [3.05, 3.63) is 203 Å². The van der Waals surface area contributed by atoms with E-state index in [1.807, 2.05) is 43.4 Å². The SMILES string of the molecule is C=C/C=C(\C=C/C)C(=C/c1ccc2c(c1)C1CCCC1N2c1ccc(C=C(c2ccccc2)c2ccccc2)cc1)/C(=O)Nc1ccc(CCCCCCCC)cc1. The highest BCUT2D eigenvalue weighted by atomic mass is 16.1. The topological polar surface area (TPSA) is 32.3 Å². The van der Waals surface area contributed by atoms with Gasteiger partial charge in [-0.05, 0) is 126 Å². The van der Waals surface area contributed by atoms with Gasteiger partial charge in [-0.3, -0.25) is 4.79 Å². The third-order valence-electron chi connectivity index (χ3n) is 11.7. The number of nitrogens with one attached hydrogen (secondary N) is 1. The maximum absolute atomic E-state index is 14.1. The van der Waals surface area contributed by atoms with Crippen LogP contribution >= 0.6 is 0 Å². The molecule has 1 heterocycles. The molecule has 58 heavy (non-hydrogen) atoms. The van der Waals surface area contributed by atoms with Gasteiger partial charge in [0.25, 0.3) is 5.91 Å². The van der Waals surface area contributed by atoms with Crippen molar-refractivity contribution in [2.45, 2.75) is 90.0 Å². The van der Waals surface area contributed by atoms with Crippen LogP contribution < -0.4 is 10.2 Å². The predicted octanol–water partition coefficient (Wildman–Crippen LogP) is 14.7. The number of hydrogen-bond donors (Lipinski definition) is 1. The van der Waals surface area contributed by atoms with Crippen LogP contribution in [0.25, 0.3) is 17.7 Å². The van der Waals surface area contributed by atoms with Gasteiger partial charge in [0.15, 0.2) is 0 Å². The van der Waals surface area contributed by atoms with Gasteiger partial charge in [-0.25, -0.2) is 0 Å². The largest absolute Gasteiger partial charge is 0.338 e. The first kappa shape index (κ1) is 40.3. The van der Waals surface area contributed by atoms with Crippen molar-refractivity contribution in [1.82, 2.24) is 0 Å². The molecule has 1 N–H and O–H groups in total. The molecule has 1 fully saturated rings. The Hall–Kier alpha value is -5.93. The molecule has 1 amide bonds. The molecular weight excluding hydrogens is 705 g/mol. The Balaban J connectivity index is 1.13. The van der Waals surface area contributed by atoms with Crippen LogP contribution in [0.3, 0.4) is 0 Å². The van der Waals surface area contributed by atoms with Gasteiger partial charge in [-0.1, -0.05) is 167 Å². The molecule has 2 aliphatic rings. The minimum absolute atomic E-state index is 0.132. The molecule has 0 bridgehead atoms. The molecular formula is C55H58N2O. The number of amides is 1. The summed E-state index contributed by atoms with van der Waals surface area (Å²) in [5.74, 6) is 0.323. The third-order valence-corrected chi connectivity index (χ3v) is 11.7. The van der Waals surface area contributed by atoms with E-state index in [1.54, 1.807) is 6.08 Å². The summed E-state index contributed by atoms with van der Waals surface area (Å²) in [6, 6.07) is 45.9. The fraction of sp³-hybridized carbons (Fsp3) is 0.255. The highest BCUT2D eigenvalue weighted by Gasteiger charge is 2.42. The van der Waals surface area contributed by atoms with E-state index in [9.17, 15) is 4.79 Å². The lowest BCUT2D eigenvalue weighted by atomic mass is 9.94. The van der Waals surface area contributed by atoms with E-state index in [4.69, 9.17) is 0 Å². The van der Waals surface area contributed by atoms with E-state index in [-0.39, 0.29) is 5.91 Å². The van der Waals surface area contributed by atoms with Gasteiger partial charge in [0.05, 0.1) is 0 Å². The van der Waals surface area contributed by atoms with Crippen LogP contribution in [0.4, 0.5) is 17.1 Å². The summed E-state index contributed by atoms with van der Waals surface area (Å²) in [4.78, 5) is 16.7. The average Bonchev–Trinajstić information content (AvgIpc) is 3.86. The molecule has 0 saturated heterocycles. The maximum Gasteiger partial charge on any atom is 0.256 e. The van der Waals surface area contributed by atoms with Crippen molar-refractivity contribution in [2.75, 3.05) is 10.2 Å². The molecule has 7 rings (SSSR count). The number of carbonyl (C=O) groups excluding carboxylic acids is 1. The van der Waals surface area contributed by atoms with Crippen LogP contribution in [0.1, 0.15) is 111 Å². The molecule has 294 valence electrons. The monoisotopic (exact) mass is 762 g/mol. The van der Waals surface area contributed by atoms with Crippen LogP contribution in [0, 0.1) is 0 Å². The van der Waals surface area contributed by atoms with Crippen molar-refractivity contribution in [3.63, 3.8) is 0 Å². The minimum Gasteiger partial charge on any atom is -0.338 e. The Bertz CT molecular complexity index is 2220. The summed E-state index contributed by atoms with van der Waals surface area (Å²) in [5, 5.41) is 3.20. The van der Waals surface area contributed by atoms with E-state index in [1.165, 1.54) is 96.1 Å². The lowest BCUT2D eigenvalue weighted by Crippen LogP contribution is -2.26. The number of fused-ring (bicyclic) bond motifs is 3. The number of allylic oxidation sites excluding steroid dienone is 4. The molecule has 0 spiro atoms. The van der Waals surface area contributed by atoms with Crippen LogP contribution in [0.15, 0.2) is 169 Å². The van der Waals surface area contributed by atoms with Crippen molar-refractivity contribution in [1.29, 1.82) is 0 Å². The van der Waals surface area contributed by atoms with E-state index in [2.05, 4.69) is 145 Å². The second-order valence-electron chi connectivity index (χ2n) is 15.8. The summed E-state index contributed by atoms with van der Waals surface area (Å²) >= 11 is 0. The van der Waals surface area contributed by atoms with Crippen molar-refractivity contribution in [3.8, 4) is 0 Å². The molecule has 2 atom stereocenters. The highest BCUT2D eigenvalue weighted by molar-refractivity contribution is 6.10.